The summed E-state index contributed by atoms with van der Waals surface area (Å²) < 4.78 is 14.7. The Kier molecular flexibility index (Phi) is 7.08. The molecule has 1 amide bonds. The van der Waals surface area contributed by atoms with Crippen LogP contribution < -0.4 is 5.32 Å². The third-order valence-electron chi connectivity index (χ3n) is 4.10. The van der Waals surface area contributed by atoms with Crippen LogP contribution in [0.25, 0.3) is 0 Å². The molecule has 0 aromatic heterocycles. The van der Waals surface area contributed by atoms with Crippen LogP contribution in [0.1, 0.15) is 18.9 Å². The van der Waals surface area contributed by atoms with Gasteiger partial charge in [0.1, 0.15) is 6.61 Å². The summed E-state index contributed by atoms with van der Waals surface area (Å²) in [5.74, 6) is -1.39. The van der Waals surface area contributed by atoms with Gasteiger partial charge in [0.25, 0.3) is 5.69 Å². The van der Waals surface area contributed by atoms with E-state index in [1.165, 1.54) is 24.3 Å². The lowest BCUT2D eigenvalue weighted by molar-refractivity contribution is -0.384. The number of β-lactam (4-membered cyclic amide) rings is 1. The van der Waals surface area contributed by atoms with E-state index in [0.29, 0.717) is 5.56 Å². The first-order valence-electron chi connectivity index (χ1n) is 8.52. The topological polar surface area (TPSA) is 134 Å². The highest BCUT2D eigenvalue weighted by atomic mass is 16.7. The van der Waals surface area contributed by atoms with Gasteiger partial charge in [0.15, 0.2) is 0 Å². The standard InChI is InChI=1S/C18H20N2O8/c1-3-26-17(22)11(2)15-14(16(21)19-15)8-9-27-18(23)28-10-12-4-6-13(7-5-12)20(24)25/h4-7,14-15H,2-3,8-10H2,1H3,(H,19,21)/t14-,15+/m0/s1. The van der Waals surface area contributed by atoms with E-state index in [4.69, 9.17) is 14.2 Å². The largest absolute Gasteiger partial charge is 0.508 e. The number of carbonyl (C=O) groups excluding carboxylic acids is 3. The van der Waals surface area contributed by atoms with Gasteiger partial charge in [-0.15, -0.1) is 0 Å². The molecule has 1 fully saturated rings. The second-order valence-electron chi connectivity index (χ2n) is 5.94. The summed E-state index contributed by atoms with van der Waals surface area (Å²) in [4.78, 5) is 45.0. The Hall–Kier alpha value is -3.43. The number of carbonyl (C=O) groups is 3. The Bertz CT molecular complexity index is 774. The molecule has 10 heteroatoms. The van der Waals surface area contributed by atoms with Crippen molar-refractivity contribution in [3.05, 3.63) is 52.1 Å². The average Bonchev–Trinajstić information content (AvgIpc) is 2.67. The zero-order chi connectivity index (χ0) is 20.7. The lowest BCUT2D eigenvalue weighted by atomic mass is 9.83. The number of nitrogens with one attached hydrogen (secondary N) is 1. The average molecular weight is 392 g/mol. The van der Waals surface area contributed by atoms with Crippen LogP contribution >= 0.6 is 0 Å². The molecule has 150 valence electrons. The molecule has 0 saturated carbocycles. The highest BCUT2D eigenvalue weighted by molar-refractivity contribution is 5.96. The second-order valence-corrected chi connectivity index (χ2v) is 5.94. The van der Waals surface area contributed by atoms with Crippen LogP contribution in [0.15, 0.2) is 36.4 Å². The summed E-state index contributed by atoms with van der Waals surface area (Å²) in [6.45, 7) is 5.32. The molecule has 1 saturated heterocycles. The van der Waals surface area contributed by atoms with Crippen molar-refractivity contribution in [3.63, 3.8) is 0 Å². The Labute approximate surface area is 160 Å². The maximum absolute atomic E-state index is 11.7. The lowest BCUT2D eigenvalue weighted by Crippen LogP contribution is -2.60. The van der Waals surface area contributed by atoms with E-state index >= 15 is 0 Å². The van der Waals surface area contributed by atoms with Gasteiger partial charge in [-0.2, -0.15) is 0 Å². The first kappa shape index (κ1) is 20.9. The SMILES string of the molecule is C=C(C(=O)OCC)[C@H]1NC(=O)[C@H]1CCOC(=O)OCc1ccc([N+](=O)[O-])cc1. The van der Waals surface area contributed by atoms with Gasteiger partial charge in [0, 0.05) is 12.1 Å². The van der Waals surface area contributed by atoms with Crippen LogP contribution in [0.3, 0.4) is 0 Å². The number of hydrogen-bond donors (Lipinski definition) is 1. The number of esters is 1. The van der Waals surface area contributed by atoms with Crippen molar-refractivity contribution in [2.75, 3.05) is 13.2 Å². The summed E-state index contributed by atoms with van der Waals surface area (Å²) in [7, 11) is 0. The smallest absolute Gasteiger partial charge is 0.463 e. The highest BCUT2D eigenvalue weighted by Crippen LogP contribution is 2.25. The zero-order valence-corrected chi connectivity index (χ0v) is 15.2. The third-order valence-corrected chi connectivity index (χ3v) is 4.10. The molecule has 1 aromatic carbocycles. The minimum absolute atomic E-state index is 0.0657. The van der Waals surface area contributed by atoms with Crippen molar-refractivity contribution in [3.8, 4) is 0 Å². The number of nitro groups is 1. The van der Waals surface area contributed by atoms with Crippen LogP contribution in [-0.4, -0.2) is 42.2 Å². The molecule has 1 aliphatic heterocycles. The predicted octanol–water partition coefficient (Wildman–Crippen LogP) is 1.87. The van der Waals surface area contributed by atoms with Crippen LogP contribution in [0.2, 0.25) is 0 Å². The van der Waals surface area contributed by atoms with Crippen LogP contribution in [-0.2, 0) is 30.4 Å². The Morgan fingerprint density at radius 3 is 2.46 bits per heavy atom. The fourth-order valence-electron chi connectivity index (χ4n) is 2.56. The zero-order valence-electron chi connectivity index (χ0n) is 15.2. The van der Waals surface area contributed by atoms with Crippen LogP contribution in [0, 0.1) is 16.0 Å². The fraction of sp³-hybridized carbons (Fsp3) is 0.389. The van der Waals surface area contributed by atoms with Gasteiger partial charge in [-0.25, -0.2) is 9.59 Å². The van der Waals surface area contributed by atoms with E-state index in [1.54, 1.807) is 6.92 Å². The molecule has 28 heavy (non-hydrogen) atoms. The number of ether oxygens (including phenoxy) is 3. The first-order valence-corrected chi connectivity index (χ1v) is 8.52. The molecule has 2 rings (SSSR count). The first-order chi connectivity index (χ1) is 13.3. The number of benzene rings is 1. The van der Waals surface area contributed by atoms with Crippen molar-refractivity contribution in [1.82, 2.24) is 5.32 Å². The quantitative estimate of drug-likeness (QED) is 0.221. The molecule has 0 bridgehead atoms. The fourth-order valence-corrected chi connectivity index (χ4v) is 2.56. The molecule has 2 atom stereocenters. The van der Waals surface area contributed by atoms with Gasteiger partial charge in [-0.1, -0.05) is 6.58 Å². The minimum atomic E-state index is -0.932. The van der Waals surface area contributed by atoms with Crippen LogP contribution in [0.5, 0.6) is 0 Å². The van der Waals surface area contributed by atoms with E-state index in [1.807, 2.05) is 0 Å². The van der Waals surface area contributed by atoms with Gasteiger partial charge < -0.3 is 19.5 Å². The predicted molar refractivity (Wildman–Crippen MR) is 95.0 cm³/mol. The normalized spacial score (nSPS) is 17.7. The Morgan fingerprint density at radius 1 is 1.21 bits per heavy atom. The van der Waals surface area contributed by atoms with Crippen molar-refractivity contribution < 1.29 is 33.5 Å². The summed E-state index contributed by atoms with van der Waals surface area (Å²) in [5.41, 5.74) is 0.642. The molecule has 1 N–H and O–H groups in total. The number of hydrogen-bond acceptors (Lipinski definition) is 8. The minimum Gasteiger partial charge on any atom is -0.463 e. The Morgan fingerprint density at radius 2 is 1.89 bits per heavy atom. The molecule has 10 nitrogen and oxygen atoms in total. The van der Waals surface area contributed by atoms with Gasteiger partial charge >= 0.3 is 12.1 Å². The highest BCUT2D eigenvalue weighted by Gasteiger charge is 2.42. The van der Waals surface area contributed by atoms with E-state index in [-0.39, 0.29) is 43.4 Å². The molecule has 1 aliphatic rings. The van der Waals surface area contributed by atoms with E-state index in [2.05, 4.69) is 11.9 Å². The molecule has 0 spiro atoms. The lowest BCUT2D eigenvalue weighted by Gasteiger charge is -2.37. The number of rotatable bonds is 9. The van der Waals surface area contributed by atoms with Crippen molar-refractivity contribution in [1.29, 1.82) is 0 Å². The third kappa shape index (κ3) is 5.29. The van der Waals surface area contributed by atoms with Gasteiger partial charge in [0.05, 0.1) is 35.7 Å². The van der Waals surface area contributed by atoms with Crippen molar-refractivity contribution in [2.24, 2.45) is 5.92 Å². The summed E-state index contributed by atoms with van der Waals surface area (Å²) in [6.07, 6.45) is -0.736. The van der Waals surface area contributed by atoms with Crippen molar-refractivity contribution >= 4 is 23.7 Å². The molecular weight excluding hydrogens is 372 g/mol. The summed E-state index contributed by atoms with van der Waals surface area (Å²) >= 11 is 0. The molecule has 0 unspecified atom stereocenters. The maximum Gasteiger partial charge on any atom is 0.508 e. The monoisotopic (exact) mass is 392 g/mol. The van der Waals surface area contributed by atoms with Gasteiger partial charge in [-0.3, -0.25) is 14.9 Å². The summed E-state index contributed by atoms with van der Waals surface area (Å²) in [6, 6.07) is 4.99. The molecule has 1 aromatic rings. The number of non-ortho nitro benzene ring substituents is 1. The number of nitrogens with zero attached hydrogens (tertiary/aromatic N) is 1. The van der Waals surface area contributed by atoms with Gasteiger partial charge in [0.2, 0.25) is 5.91 Å². The number of nitro benzene ring substituents is 1. The molecule has 1 heterocycles. The molecule has 0 aliphatic carbocycles. The van der Waals surface area contributed by atoms with Crippen molar-refractivity contribution in [2.45, 2.75) is 26.0 Å². The number of amides is 1. The maximum atomic E-state index is 11.7. The van der Waals surface area contributed by atoms with E-state index in [9.17, 15) is 24.5 Å². The van der Waals surface area contributed by atoms with Gasteiger partial charge in [-0.05, 0) is 31.0 Å². The summed E-state index contributed by atoms with van der Waals surface area (Å²) in [5, 5.41) is 13.2. The molecular formula is C18H20N2O8. The Balaban J connectivity index is 1.72. The van der Waals surface area contributed by atoms with E-state index < -0.39 is 29.0 Å². The van der Waals surface area contributed by atoms with Crippen LogP contribution in [0.4, 0.5) is 10.5 Å². The van der Waals surface area contributed by atoms with E-state index in [0.717, 1.165) is 0 Å². The second kappa shape index (κ2) is 9.49. The molecule has 0 radical (unpaired) electrons.